The molecule has 1 aromatic carbocycles. The lowest BCUT2D eigenvalue weighted by molar-refractivity contribution is 0.0184. The number of hydrogen-bond donors (Lipinski definition) is 1. The predicted octanol–water partition coefficient (Wildman–Crippen LogP) is 1.94. The van der Waals surface area contributed by atoms with Crippen LogP contribution in [0.4, 0.5) is 0 Å². The molecule has 6 nitrogen and oxygen atoms in total. The van der Waals surface area contributed by atoms with Gasteiger partial charge in [-0.05, 0) is 0 Å². The summed E-state index contributed by atoms with van der Waals surface area (Å²) in [4.78, 5) is 9.23. The van der Waals surface area contributed by atoms with Gasteiger partial charge in [0.1, 0.15) is 5.69 Å². The Hall–Kier alpha value is -2.44. The first-order chi connectivity index (χ1) is 11.8. The minimum atomic E-state index is 0.149. The summed E-state index contributed by atoms with van der Waals surface area (Å²) < 4.78 is 10.0. The quantitative estimate of drug-likeness (QED) is 0.797. The van der Waals surface area contributed by atoms with E-state index in [2.05, 4.69) is 32.0 Å². The van der Waals surface area contributed by atoms with Gasteiger partial charge < -0.3 is 19.2 Å². The summed E-state index contributed by atoms with van der Waals surface area (Å²) in [7, 11) is 2.01. The van der Waals surface area contributed by atoms with Crippen LogP contribution in [0.25, 0.3) is 22.8 Å². The number of morpholine rings is 1. The zero-order valence-electron chi connectivity index (χ0n) is 13.7. The second-order valence-electron chi connectivity index (χ2n) is 6.02. The van der Waals surface area contributed by atoms with Gasteiger partial charge in [-0.3, -0.25) is 0 Å². The van der Waals surface area contributed by atoms with Gasteiger partial charge in [0.15, 0.2) is 5.82 Å². The summed E-state index contributed by atoms with van der Waals surface area (Å²) in [5.41, 5.74) is 3.08. The smallest absolute Gasteiger partial charge is 0.158 e. The van der Waals surface area contributed by atoms with Gasteiger partial charge in [-0.15, -0.1) is 0 Å². The van der Waals surface area contributed by atoms with Crippen LogP contribution in [0.15, 0.2) is 49.1 Å². The molecule has 0 aliphatic carbocycles. The van der Waals surface area contributed by atoms with Crippen molar-refractivity contribution in [3.8, 4) is 22.8 Å². The highest BCUT2D eigenvalue weighted by Gasteiger charge is 2.21. The summed E-state index contributed by atoms with van der Waals surface area (Å²) in [6.45, 7) is 3.29. The average molecular weight is 323 g/mol. The summed E-state index contributed by atoms with van der Waals surface area (Å²) in [5.74, 6) is 0.912. The number of rotatable bonds is 4. The highest BCUT2D eigenvalue weighted by molar-refractivity contribution is 5.75. The van der Waals surface area contributed by atoms with Gasteiger partial charge in [0, 0.05) is 38.1 Å². The van der Waals surface area contributed by atoms with Crippen LogP contribution < -0.4 is 5.32 Å². The summed E-state index contributed by atoms with van der Waals surface area (Å²) in [6.07, 6.45) is 5.82. The van der Waals surface area contributed by atoms with E-state index in [1.54, 1.807) is 0 Å². The lowest BCUT2D eigenvalue weighted by atomic mass is 10.1. The third-order valence-electron chi connectivity index (χ3n) is 4.32. The Morgan fingerprint density at radius 3 is 2.83 bits per heavy atom. The van der Waals surface area contributed by atoms with Crippen LogP contribution in [0.1, 0.15) is 0 Å². The van der Waals surface area contributed by atoms with Gasteiger partial charge >= 0.3 is 0 Å². The minimum Gasteiger partial charge on any atom is -0.374 e. The maximum atomic E-state index is 5.86. The van der Waals surface area contributed by atoms with E-state index in [1.807, 2.05) is 48.5 Å². The topological polar surface area (TPSA) is 56.9 Å². The van der Waals surface area contributed by atoms with E-state index < -0.39 is 0 Å². The molecule has 2 aromatic heterocycles. The van der Waals surface area contributed by atoms with Crippen LogP contribution in [-0.2, 0) is 18.3 Å². The molecule has 0 amide bonds. The Kier molecular flexibility index (Phi) is 4.15. The number of nitrogens with zero attached hydrogens (tertiary/aromatic N) is 4. The number of imidazole rings is 2. The van der Waals surface area contributed by atoms with Gasteiger partial charge in [0.05, 0.1) is 31.3 Å². The van der Waals surface area contributed by atoms with Crippen molar-refractivity contribution in [2.75, 3.05) is 19.7 Å². The lowest BCUT2D eigenvalue weighted by Gasteiger charge is -2.24. The molecule has 1 atom stereocenters. The molecule has 3 heterocycles. The van der Waals surface area contributed by atoms with Crippen LogP contribution >= 0.6 is 0 Å². The Morgan fingerprint density at radius 1 is 1.25 bits per heavy atom. The van der Waals surface area contributed by atoms with Crippen LogP contribution in [0.2, 0.25) is 0 Å². The molecule has 0 bridgehead atoms. The van der Waals surface area contributed by atoms with Crippen molar-refractivity contribution in [2.45, 2.75) is 12.6 Å². The molecular weight excluding hydrogens is 302 g/mol. The normalized spacial score (nSPS) is 18.0. The zero-order chi connectivity index (χ0) is 16.4. The van der Waals surface area contributed by atoms with Crippen LogP contribution in [0.5, 0.6) is 0 Å². The Bertz CT molecular complexity index is 802. The molecule has 124 valence electrons. The standard InChI is InChI=1S/C18H21N5O/c1-22-9-7-20-18(22)17-16(14-5-3-2-4-6-14)21-13-23(17)12-15-11-19-8-10-24-15/h2-7,9,13,15,19H,8,10-12H2,1H3. The van der Waals surface area contributed by atoms with Crippen LogP contribution in [-0.4, -0.2) is 44.9 Å². The van der Waals surface area contributed by atoms with Gasteiger partial charge in [0.25, 0.3) is 0 Å². The van der Waals surface area contributed by atoms with Gasteiger partial charge in [-0.1, -0.05) is 30.3 Å². The summed E-state index contributed by atoms with van der Waals surface area (Å²) in [5, 5.41) is 3.38. The van der Waals surface area contributed by atoms with Crippen molar-refractivity contribution in [3.63, 3.8) is 0 Å². The molecule has 24 heavy (non-hydrogen) atoms. The number of hydrogen-bond acceptors (Lipinski definition) is 4. The van der Waals surface area contributed by atoms with Crippen molar-refractivity contribution in [1.82, 2.24) is 24.4 Å². The first-order valence-electron chi connectivity index (χ1n) is 8.23. The molecule has 0 saturated carbocycles. The first kappa shape index (κ1) is 15.1. The molecule has 1 saturated heterocycles. The molecule has 6 heteroatoms. The van der Waals surface area contributed by atoms with Crippen molar-refractivity contribution in [3.05, 3.63) is 49.1 Å². The third-order valence-corrected chi connectivity index (χ3v) is 4.32. The van der Waals surface area contributed by atoms with Crippen LogP contribution in [0.3, 0.4) is 0 Å². The maximum absolute atomic E-state index is 5.86. The molecular formula is C18H21N5O. The Morgan fingerprint density at radius 2 is 2.12 bits per heavy atom. The minimum absolute atomic E-state index is 0.149. The van der Waals surface area contributed by atoms with Crippen molar-refractivity contribution in [2.24, 2.45) is 7.05 Å². The van der Waals surface area contributed by atoms with Crippen LogP contribution in [0, 0.1) is 0 Å². The number of aromatic nitrogens is 4. The average Bonchev–Trinajstić information content (AvgIpc) is 3.22. The third kappa shape index (κ3) is 2.86. The van der Waals surface area contributed by atoms with Gasteiger partial charge in [-0.2, -0.15) is 0 Å². The van der Waals surface area contributed by atoms with Crippen molar-refractivity contribution < 1.29 is 4.74 Å². The van der Waals surface area contributed by atoms with E-state index in [0.717, 1.165) is 49.0 Å². The van der Waals surface area contributed by atoms with E-state index in [4.69, 9.17) is 4.74 Å². The molecule has 1 aliphatic heterocycles. The fraction of sp³-hybridized carbons (Fsp3) is 0.333. The monoisotopic (exact) mass is 323 g/mol. The fourth-order valence-corrected chi connectivity index (χ4v) is 3.11. The highest BCUT2D eigenvalue weighted by Crippen LogP contribution is 2.30. The molecule has 1 N–H and O–H groups in total. The number of ether oxygens (including phenoxy) is 1. The molecule has 0 spiro atoms. The maximum Gasteiger partial charge on any atom is 0.158 e. The van der Waals surface area contributed by atoms with Crippen molar-refractivity contribution in [1.29, 1.82) is 0 Å². The summed E-state index contributed by atoms with van der Waals surface area (Å²) in [6, 6.07) is 10.2. The van der Waals surface area contributed by atoms with Crippen molar-refractivity contribution >= 4 is 0 Å². The molecule has 1 unspecified atom stereocenters. The van der Waals surface area contributed by atoms with E-state index in [1.165, 1.54) is 0 Å². The van der Waals surface area contributed by atoms with E-state index in [0.29, 0.717) is 0 Å². The molecule has 3 aromatic rings. The zero-order valence-corrected chi connectivity index (χ0v) is 13.7. The van der Waals surface area contributed by atoms with E-state index >= 15 is 0 Å². The van der Waals surface area contributed by atoms with Gasteiger partial charge in [-0.25, -0.2) is 9.97 Å². The lowest BCUT2D eigenvalue weighted by Crippen LogP contribution is -2.40. The summed E-state index contributed by atoms with van der Waals surface area (Å²) >= 11 is 0. The second-order valence-corrected chi connectivity index (χ2v) is 6.02. The van der Waals surface area contributed by atoms with E-state index in [-0.39, 0.29) is 6.10 Å². The molecule has 1 fully saturated rings. The van der Waals surface area contributed by atoms with Gasteiger partial charge in [0.2, 0.25) is 0 Å². The SMILES string of the molecule is Cn1ccnc1-c1c(-c2ccccc2)ncn1CC1CNCCO1. The number of benzene rings is 1. The Labute approximate surface area is 141 Å². The Balaban J connectivity index is 1.76. The molecule has 0 radical (unpaired) electrons. The van der Waals surface area contributed by atoms with E-state index in [9.17, 15) is 0 Å². The largest absolute Gasteiger partial charge is 0.374 e. The second kappa shape index (κ2) is 6.59. The predicted molar refractivity (Wildman–Crippen MR) is 92.5 cm³/mol. The number of aryl methyl sites for hydroxylation is 1. The molecule has 1 aliphatic rings. The highest BCUT2D eigenvalue weighted by atomic mass is 16.5. The number of nitrogens with one attached hydrogen (secondary N) is 1. The first-order valence-corrected chi connectivity index (χ1v) is 8.23. The fourth-order valence-electron chi connectivity index (χ4n) is 3.11. The molecule has 4 rings (SSSR count).